The zero-order valence-corrected chi connectivity index (χ0v) is 12.5. The average Bonchev–Trinajstić information content (AvgIpc) is 2.50. The Hall–Kier alpha value is -1.81. The van der Waals surface area contributed by atoms with Crippen molar-refractivity contribution in [3.8, 4) is 0 Å². The van der Waals surface area contributed by atoms with Crippen molar-refractivity contribution in [2.45, 2.75) is 38.1 Å². The van der Waals surface area contributed by atoms with Gasteiger partial charge in [-0.25, -0.2) is 0 Å². The second-order valence-electron chi connectivity index (χ2n) is 6.39. The van der Waals surface area contributed by atoms with Gasteiger partial charge in [-0.2, -0.15) is 0 Å². The third kappa shape index (κ3) is 2.68. The molecule has 2 aromatic rings. The van der Waals surface area contributed by atoms with Gasteiger partial charge >= 0.3 is 0 Å². The fourth-order valence-corrected chi connectivity index (χ4v) is 3.54. The molecule has 112 valence electrons. The van der Waals surface area contributed by atoms with Crippen molar-refractivity contribution < 1.29 is 5.11 Å². The van der Waals surface area contributed by atoms with Gasteiger partial charge in [-0.15, -0.1) is 0 Å². The van der Waals surface area contributed by atoms with Gasteiger partial charge in [-0.1, -0.05) is 25.8 Å². The summed E-state index contributed by atoms with van der Waals surface area (Å²) in [5, 5.41) is 15.5. The SMILES string of the molecule is CC1CCCC(CO)(Nc2ccc3cnccc3c2N)C1. The van der Waals surface area contributed by atoms with Crippen molar-refractivity contribution in [2.75, 3.05) is 17.7 Å². The van der Waals surface area contributed by atoms with E-state index in [2.05, 4.69) is 17.2 Å². The van der Waals surface area contributed by atoms with Crippen LogP contribution in [0.25, 0.3) is 10.8 Å². The second-order valence-corrected chi connectivity index (χ2v) is 6.39. The standard InChI is InChI=1S/C17H23N3O/c1-12-3-2-7-17(9-12,11-21)20-15-5-4-13-10-19-8-6-14(13)16(15)18/h4-6,8,10,12,20-21H,2-3,7,9,11,18H2,1H3. The Labute approximate surface area is 125 Å². The number of nitrogens with zero attached hydrogens (tertiary/aromatic N) is 1. The lowest BCUT2D eigenvalue weighted by Crippen LogP contribution is -2.46. The van der Waals surface area contributed by atoms with Gasteiger partial charge < -0.3 is 16.2 Å². The van der Waals surface area contributed by atoms with Gasteiger partial charge in [0, 0.05) is 23.2 Å². The molecule has 1 saturated carbocycles. The Morgan fingerprint density at radius 1 is 1.43 bits per heavy atom. The number of aliphatic hydroxyl groups excluding tert-OH is 1. The van der Waals surface area contributed by atoms with Crippen molar-refractivity contribution in [2.24, 2.45) is 5.92 Å². The van der Waals surface area contributed by atoms with Crippen molar-refractivity contribution in [3.63, 3.8) is 0 Å². The highest BCUT2D eigenvalue weighted by molar-refractivity contribution is 5.98. The van der Waals surface area contributed by atoms with E-state index in [9.17, 15) is 5.11 Å². The molecular weight excluding hydrogens is 262 g/mol. The number of anilines is 2. The summed E-state index contributed by atoms with van der Waals surface area (Å²) in [6, 6.07) is 5.96. The number of nitrogen functional groups attached to an aromatic ring is 1. The summed E-state index contributed by atoms with van der Waals surface area (Å²) in [7, 11) is 0. The Morgan fingerprint density at radius 2 is 2.29 bits per heavy atom. The molecule has 0 amide bonds. The number of nitrogens with two attached hydrogens (primary N) is 1. The first-order chi connectivity index (χ1) is 10.1. The third-order valence-corrected chi connectivity index (χ3v) is 4.66. The molecule has 4 heteroatoms. The van der Waals surface area contributed by atoms with Crippen molar-refractivity contribution >= 4 is 22.1 Å². The Balaban J connectivity index is 1.95. The number of rotatable bonds is 3. The summed E-state index contributed by atoms with van der Waals surface area (Å²) >= 11 is 0. The van der Waals surface area contributed by atoms with Gasteiger partial charge in [0.05, 0.1) is 23.5 Å². The maximum atomic E-state index is 9.91. The fourth-order valence-electron chi connectivity index (χ4n) is 3.54. The van der Waals surface area contributed by atoms with Gasteiger partial charge in [-0.05, 0) is 30.9 Å². The molecule has 1 aromatic heterocycles. The van der Waals surface area contributed by atoms with Crippen molar-refractivity contribution in [1.82, 2.24) is 4.98 Å². The maximum Gasteiger partial charge on any atom is 0.0661 e. The van der Waals surface area contributed by atoms with Gasteiger partial charge in [-0.3, -0.25) is 4.98 Å². The zero-order chi connectivity index (χ0) is 14.9. The van der Waals surface area contributed by atoms with Crippen molar-refractivity contribution in [3.05, 3.63) is 30.6 Å². The summed E-state index contributed by atoms with van der Waals surface area (Å²) in [5.74, 6) is 0.629. The molecule has 2 atom stereocenters. The minimum absolute atomic E-state index is 0.144. The van der Waals surface area contributed by atoms with Gasteiger partial charge in [0.25, 0.3) is 0 Å². The Morgan fingerprint density at radius 3 is 3.05 bits per heavy atom. The minimum Gasteiger partial charge on any atom is -0.397 e. The molecule has 0 bridgehead atoms. The molecule has 0 saturated heterocycles. The van der Waals surface area contributed by atoms with Crippen LogP contribution < -0.4 is 11.1 Å². The number of hydrogen-bond acceptors (Lipinski definition) is 4. The molecule has 1 fully saturated rings. The topological polar surface area (TPSA) is 71.2 Å². The smallest absolute Gasteiger partial charge is 0.0661 e. The average molecular weight is 285 g/mol. The second kappa shape index (κ2) is 5.53. The largest absolute Gasteiger partial charge is 0.397 e. The van der Waals surface area contributed by atoms with E-state index < -0.39 is 0 Å². The lowest BCUT2D eigenvalue weighted by Gasteiger charge is -2.40. The number of benzene rings is 1. The van der Waals surface area contributed by atoms with Crippen molar-refractivity contribution in [1.29, 1.82) is 0 Å². The van der Waals surface area contributed by atoms with E-state index in [0.29, 0.717) is 5.92 Å². The molecule has 1 aliphatic rings. The summed E-state index contributed by atoms with van der Waals surface area (Å²) in [6.45, 7) is 2.39. The van der Waals surface area contributed by atoms with E-state index in [1.54, 1.807) is 6.20 Å². The summed E-state index contributed by atoms with van der Waals surface area (Å²) < 4.78 is 0. The predicted octanol–water partition coefficient (Wildman–Crippen LogP) is 3.17. The van der Waals surface area contributed by atoms with Crippen LogP contribution in [0.3, 0.4) is 0 Å². The van der Waals surface area contributed by atoms with E-state index in [1.165, 1.54) is 6.42 Å². The van der Waals surface area contributed by atoms with Crippen LogP contribution in [-0.2, 0) is 0 Å². The predicted molar refractivity (Wildman–Crippen MR) is 87.2 cm³/mol. The van der Waals surface area contributed by atoms with E-state index in [4.69, 9.17) is 5.73 Å². The van der Waals surface area contributed by atoms with Crippen LogP contribution >= 0.6 is 0 Å². The van der Waals surface area contributed by atoms with Crippen LogP contribution in [0.15, 0.2) is 30.6 Å². The van der Waals surface area contributed by atoms with Crippen LogP contribution in [0, 0.1) is 5.92 Å². The van der Waals surface area contributed by atoms with E-state index >= 15 is 0 Å². The molecule has 1 heterocycles. The minimum atomic E-state index is -0.244. The molecule has 0 spiro atoms. The monoisotopic (exact) mass is 285 g/mol. The first-order valence-electron chi connectivity index (χ1n) is 7.65. The Kier molecular flexibility index (Phi) is 3.72. The molecule has 4 N–H and O–H groups in total. The van der Waals surface area contributed by atoms with Crippen LogP contribution in [0.5, 0.6) is 0 Å². The normalized spacial score (nSPS) is 25.9. The number of pyridine rings is 1. The highest BCUT2D eigenvalue weighted by Gasteiger charge is 2.34. The number of fused-ring (bicyclic) bond motifs is 1. The maximum absolute atomic E-state index is 9.91. The van der Waals surface area contributed by atoms with Gasteiger partial charge in [0.1, 0.15) is 0 Å². The van der Waals surface area contributed by atoms with E-state index in [0.717, 1.165) is 41.4 Å². The van der Waals surface area contributed by atoms with Gasteiger partial charge in [0.2, 0.25) is 0 Å². The summed E-state index contributed by atoms with van der Waals surface area (Å²) in [4.78, 5) is 4.12. The molecule has 1 aromatic carbocycles. The third-order valence-electron chi connectivity index (χ3n) is 4.66. The molecule has 0 radical (unpaired) electrons. The highest BCUT2D eigenvalue weighted by atomic mass is 16.3. The fraction of sp³-hybridized carbons (Fsp3) is 0.471. The van der Waals surface area contributed by atoms with E-state index in [-0.39, 0.29) is 12.1 Å². The van der Waals surface area contributed by atoms with E-state index in [1.807, 2.05) is 24.4 Å². The number of hydrogen-bond donors (Lipinski definition) is 3. The summed E-state index contributed by atoms with van der Waals surface area (Å²) in [5.41, 5.74) is 7.72. The number of nitrogens with one attached hydrogen (secondary N) is 1. The first-order valence-corrected chi connectivity index (χ1v) is 7.65. The van der Waals surface area contributed by atoms with Crippen LogP contribution in [-0.4, -0.2) is 22.2 Å². The van der Waals surface area contributed by atoms with Crippen LogP contribution in [0.1, 0.15) is 32.6 Å². The summed E-state index contributed by atoms with van der Waals surface area (Å²) in [6.07, 6.45) is 7.93. The molecular formula is C17H23N3O. The quantitative estimate of drug-likeness (QED) is 0.757. The number of aromatic nitrogens is 1. The first kappa shape index (κ1) is 14.1. The number of aliphatic hydroxyl groups is 1. The Bertz CT molecular complexity index is 643. The zero-order valence-electron chi connectivity index (χ0n) is 12.5. The molecule has 21 heavy (non-hydrogen) atoms. The molecule has 1 aliphatic carbocycles. The lowest BCUT2D eigenvalue weighted by molar-refractivity contribution is 0.149. The molecule has 3 rings (SSSR count). The van der Waals surface area contributed by atoms with Crippen LogP contribution in [0.2, 0.25) is 0 Å². The molecule has 2 unspecified atom stereocenters. The lowest BCUT2D eigenvalue weighted by atomic mass is 9.76. The highest BCUT2D eigenvalue weighted by Crippen LogP contribution is 2.37. The molecule has 4 nitrogen and oxygen atoms in total. The molecule has 0 aliphatic heterocycles. The van der Waals surface area contributed by atoms with Crippen LogP contribution in [0.4, 0.5) is 11.4 Å². The van der Waals surface area contributed by atoms with Gasteiger partial charge in [0.15, 0.2) is 0 Å².